The summed E-state index contributed by atoms with van der Waals surface area (Å²) in [4.78, 5) is 20.2. The van der Waals surface area contributed by atoms with E-state index in [1.807, 2.05) is 38.1 Å². The summed E-state index contributed by atoms with van der Waals surface area (Å²) < 4.78 is 0. The van der Waals surface area contributed by atoms with Gasteiger partial charge >= 0.3 is 0 Å². The molecule has 1 amide bonds. The van der Waals surface area contributed by atoms with Crippen LogP contribution in [0.25, 0.3) is 0 Å². The van der Waals surface area contributed by atoms with Gasteiger partial charge in [0.2, 0.25) is 0 Å². The molecule has 2 saturated heterocycles. The number of nitrogens with one attached hydrogen (secondary N) is 1. The Morgan fingerprint density at radius 3 is 2.05 bits per heavy atom. The summed E-state index contributed by atoms with van der Waals surface area (Å²) in [6.45, 7) is 15.7. The molecule has 4 rings (SSSR count). The van der Waals surface area contributed by atoms with Gasteiger partial charge in [0.1, 0.15) is 11.5 Å². The van der Waals surface area contributed by atoms with Gasteiger partial charge in [-0.3, -0.25) is 14.6 Å². The van der Waals surface area contributed by atoms with E-state index in [4.69, 9.17) is 0 Å². The van der Waals surface area contributed by atoms with E-state index in [0.29, 0.717) is 23.9 Å². The molecule has 7 heteroatoms. The Morgan fingerprint density at radius 1 is 0.923 bits per heavy atom. The van der Waals surface area contributed by atoms with Crippen LogP contribution >= 0.6 is 0 Å². The second-order valence-electron chi connectivity index (χ2n) is 10.6. The summed E-state index contributed by atoms with van der Waals surface area (Å²) >= 11 is 0. The lowest BCUT2D eigenvalue weighted by atomic mass is 10.0. The molecular weight excluding hydrogens is 488 g/mol. The average molecular weight is 531 g/mol. The standard InChI is InChI=1S/C32H42N4O3/c1-4-28(32(39)33-22-26-5-9-30(37)10-6-26)21-24(2)25(3)35-17-19-36(20-18-35)29-13-15-34(16-14-29)23-27-7-11-31(38)12-8-27/h4-12,21,29,37-38H,3,13-20,22-23H2,1-2H3,(H,33,39)/b24-21-,28-4+. The number of aromatic hydroxyl groups is 2. The number of piperidine rings is 1. The van der Waals surface area contributed by atoms with E-state index in [1.54, 1.807) is 36.4 Å². The zero-order chi connectivity index (χ0) is 27.8. The fraction of sp³-hybridized carbons (Fsp3) is 0.406. The molecule has 2 fully saturated rings. The van der Waals surface area contributed by atoms with Crippen molar-refractivity contribution in [2.45, 2.75) is 45.8 Å². The monoisotopic (exact) mass is 530 g/mol. The van der Waals surface area contributed by atoms with Crippen molar-refractivity contribution in [2.24, 2.45) is 0 Å². The van der Waals surface area contributed by atoms with Crippen molar-refractivity contribution in [1.82, 2.24) is 20.0 Å². The van der Waals surface area contributed by atoms with Gasteiger partial charge in [-0.2, -0.15) is 0 Å². The van der Waals surface area contributed by atoms with Gasteiger partial charge < -0.3 is 20.4 Å². The van der Waals surface area contributed by atoms with Gasteiger partial charge in [-0.25, -0.2) is 0 Å². The number of rotatable bonds is 9. The third-order valence-corrected chi connectivity index (χ3v) is 7.90. The highest BCUT2D eigenvalue weighted by atomic mass is 16.3. The van der Waals surface area contributed by atoms with Crippen molar-refractivity contribution in [3.05, 3.63) is 95.2 Å². The third-order valence-electron chi connectivity index (χ3n) is 7.90. The summed E-state index contributed by atoms with van der Waals surface area (Å²) in [6.07, 6.45) is 6.11. The van der Waals surface area contributed by atoms with Gasteiger partial charge in [-0.1, -0.05) is 36.9 Å². The van der Waals surface area contributed by atoms with Crippen molar-refractivity contribution in [1.29, 1.82) is 0 Å². The van der Waals surface area contributed by atoms with Gasteiger partial charge in [0.15, 0.2) is 0 Å². The Hall–Kier alpha value is -3.55. The molecule has 7 nitrogen and oxygen atoms in total. The van der Waals surface area contributed by atoms with Crippen molar-refractivity contribution in [3.63, 3.8) is 0 Å². The molecule has 2 aromatic rings. The van der Waals surface area contributed by atoms with E-state index < -0.39 is 0 Å². The molecule has 0 aromatic heterocycles. The Kier molecular flexibility index (Phi) is 9.85. The van der Waals surface area contributed by atoms with E-state index >= 15 is 0 Å². The largest absolute Gasteiger partial charge is 0.508 e. The Morgan fingerprint density at radius 2 is 1.49 bits per heavy atom. The first-order valence-electron chi connectivity index (χ1n) is 13.9. The van der Waals surface area contributed by atoms with E-state index in [9.17, 15) is 15.0 Å². The summed E-state index contributed by atoms with van der Waals surface area (Å²) in [5.41, 5.74) is 4.77. The lowest BCUT2D eigenvalue weighted by Gasteiger charge is -2.44. The maximum Gasteiger partial charge on any atom is 0.251 e. The maximum atomic E-state index is 12.8. The van der Waals surface area contributed by atoms with Crippen LogP contribution in [0.4, 0.5) is 0 Å². The van der Waals surface area contributed by atoms with Crippen LogP contribution in [0.5, 0.6) is 11.5 Å². The minimum absolute atomic E-state index is 0.126. The third kappa shape index (κ3) is 7.97. The number of carbonyl (C=O) groups excluding carboxylic acids is 1. The number of hydrogen-bond donors (Lipinski definition) is 3. The molecule has 3 N–H and O–H groups in total. The van der Waals surface area contributed by atoms with E-state index in [0.717, 1.165) is 62.6 Å². The topological polar surface area (TPSA) is 79.3 Å². The molecular formula is C32H42N4O3. The molecule has 2 heterocycles. The molecule has 39 heavy (non-hydrogen) atoms. The summed E-state index contributed by atoms with van der Waals surface area (Å²) in [7, 11) is 0. The number of phenolic OH excluding ortho intramolecular Hbond substituents is 2. The molecule has 208 valence electrons. The normalized spacial score (nSPS) is 18.3. The number of phenols is 2. The van der Waals surface area contributed by atoms with Crippen molar-refractivity contribution >= 4 is 5.91 Å². The van der Waals surface area contributed by atoms with Gasteiger partial charge in [0, 0.05) is 56.6 Å². The number of amides is 1. The molecule has 0 bridgehead atoms. The predicted octanol–water partition coefficient (Wildman–Crippen LogP) is 4.40. The quantitative estimate of drug-likeness (QED) is 0.330. The lowest BCUT2D eigenvalue weighted by Crippen LogP contribution is -2.52. The first kappa shape index (κ1) is 28.5. The Labute approximate surface area is 232 Å². The molecule has 0 atom stereocenters. The van der Waals surface area contributed by atoms with Crippen LogP contribution in [0.3, 0.4) is 0 Å². The van der Waals surface area contributed by atoms with E-state index in [-0.39, 0.29) is 11.7 Å². The molecule has 0 saturated carbocycles. The van der Waals surface area contributed by atoms with Crippen molar-refractivity contribution in [3.8, 4) is 11.5 Å². The highest BCUT2D eigenvalue weighted by Crippen LogP contribution is 2.23. The van der Waals surface area contributed by atoms with Gasteiger partial charge in [-0.15, -0.1) is 0 Å². The molecule has 0 unspecified atom stereocenters. The van der Waals surface area contributed by atoms with Crippen LogP contribution in [-0.2, 0) is 17.9 Å². The number of allylic oxidation sites excluding steroid dienone is 2. The number of hydrogen-bond acceptors (Lipinski definition) is 6. The molecule has 0 radical (unpaired) electrons. The summed E-state index contributed by atoms with van der Waals surface area (Å²) in [5, 5.41) is 21.9. The zero-order valence-electron chi connectivity index (χ0n) is 23.3. The van der Waals surface area contributed by atoms with E-state index in [2.05, 4.69) is 26.6 Å². The van der Waals surface area contributed by atoms with Gasteiger partial charge in [0.25, 0.3) is 5.91 Å². The Balaban J connectivity index is 1.21. The van der Waals surface area contributed by atoms with Crippen LogP contribution in [-0.4, -0.2) is 76.1 Å². The highest BCUT2D eigenvalue weighted by Gasteiger charge is 2.28. The highest BCUT2D eigenvalue weighted by molar-refractivity contribution is 5.96. The summed E-state index contributed by atoms with van der Waals surface area (Å²) in [6, 6.07) is 15.0. The van der Waals surface area contributed by atoms with Crippen molar-refractivity contribution < 1.29 is 15.0 Å². The number of piperazine rings is 1. The van der Waals surface area contributed by atoms with Crippen LogP contribution in [0, 0.1) is 0 Å². The first-order chi connectivity index (χ1) is 18.8. The van der Waals surface area contributed by atoms with E-state index in [1.165, 1.54) is 18.4 Å². The number of likely N-dealkylation sites (tertiary alicyclic amines) is 1. The SMILES string of the molecule is C=C(/C(C)=C\C(=C/C)C(=O)NCc1ccc(O)cc1)N1CCN(C2CCN(Cc3ccc(O)cc3)CC2)CC1. The van der Waals surface area contributed by atoms with Gasteiger partial charge in [-0.05, 0) is 86.8 Å². The second-order valence-corrected chi connectivity index (χ2v) is 10.6. The molecule has 2 aromatic carbocycles. The Bertz CT molecular complexity index is 1170. The van der Waals surface area contributed by atoms with Crippen LogP contribution in [0.15, 0.2) is 84.1 Å². The smallest absolute Gasteiger partial charge is 0.251 e. The van der Waals surface area contributed by atoms with Crippen molar-refractivity contribution in [2.75, 3.05) is 39.3 Å². The number of nitrogens with zero attached hydrogens (tertiary/aromatic N) is 3. The first-order valence-corrected chi connectivity index (χ1v) is 13.9. The molecule has 0 aliphatic carbocycles. The van der Waals surface area contributed by atoms with Crippen LogP contribution in [0.2, 0.25) is 0 Å². The molecule has 2 aliphatic heterocycles. The number of benzene rings is 2. The molecule has 2 aliphatic rings. The minimum Gasteiger partial charge on any atom is -0.508 e. The zero-order valence-corrected chi connectivity index (χ0v) is 23.3. The van der Waals surface area contributed by atoms with Crippen LogP contribution in [0.1, 0.15) is 37.8 Å². The fourth-order valence-corrected chi connectivity index (χ4v) is 5.40. The predicted molar refractivity (Wildman–Crippen MR) is 156 cm³/mol. The van der Waals surface area contributed by atoms with Crippen LogP contribution < -0.4 is 5.32 Å². The summed E-state index contributed by atoms with van der Waals surface area (Å²) in [5.74, 6) is 0.406. The molecule has 0 spiro atoms. The minimum atomic E-state index is -0.126. The van der Waals surface area contributed by atoms with Gasteiger partial charge in [0.05, 0.1) is 0 Å². The second kappa shape index (κ2) is 13.5. The average Bonchev–Trinajstić information content (AvgIpc) is 2.96. The maximum absolute atomic E-state index is 12.8. The number of carbonyl (C=O) groups is 1. The lowest BCUT2D eigenvalue weighted by molar-refractivity contribution is -0.117. The fourth-order valence-electron chi connectivity index (χ4n) is 5.40.